The van der Waals surface area contributed by atoms with E-state index in [1.807, 2.05) is 0 Å². The number of nitrogens with zero attached hydrogens (tertiary/aromatic N) is 1. The maximum atomic E-state index is 12.5. The van der Waals surface area contributed by atoms with Gasteiger partial charge in [0.2, 0.25) is 10.0 Å². The standard InChI is InChI=1S/C12H16Cl2N2O2S/c1-16(10-3-2-6-15-8-10)19(17,18)12-5-4-9(13)7-11(12)14/h4-5,7,10,15H,2-3,6,8H2,1H3/t10-/m0/s1. The van der Waals surface area contributed by atoms with E-state index >= 15 is 0 Å². The van der Waals surface area contributed by atoms with E-state index < -0.39 is 10.0 Å². The van der Waals surface area contributed by atoms with E-state index in [1.165, 1.54) is 22.5 Å². The fraction of sp³-hybridized carbons (Fsp3) is 0.500. The lowest BCUT2D eigenvalue weighted by molar-refractivity contribution is 0.300. The summed E-state index contributed by atoms with van der Waals surface area (Å²) >= 11 is 11.8. The third-order valence-electron chi connectivity index (χ3n) is 3.34. The van der Waals surface area contributed by atoms with Gasteiger partial charge >= 0.3 is 0 Å². The molecule has 1 aromatic carbocycles. The Kier molecular flexibility index (Phi) is 4.74. The van der Waals surface area contributed by atoms with E-state index in [0.29, 0.717) is 11.6 Å². The van der Waals surface area contributed by atoms with Crippen molar-refractivity contribution < 1.29 is 8.42 Å². The van der Waals surface area contributed by atoms with Crippen molar-refractivity contribution in [3.63, 3.8) is 0 Å². The van der Waals surface area contributed by atoms with Gasteiger partial charge in [0, 0.05) is 24.7 Å². The molecule has 0 radical (unpaired) electrons. The number of hydrogen-bond donors (Lipinski definition) is 1. The lowest BCUT2D eigenvalue weighted by Crippen LogP contribution is -2.46. The van der Waals surface area contributed by atoms with E-state index in [-0.39, 0.29) is 16.0 Å². The predicted molar refractivity (Wildman–Crippen MR) is 77.3 cm³/mol. The van der Waals surface area contributed by atoms with Crippen LogP contribution in [0.3, 0.4) is 0 Å². The van der Waals surface area contributed by atoms with Gasteiger partial charge in [-0.25, -0.2) is 8.42 Å². The smallest absolute Gasteiger partial charge is 0.244 e. The topological polar surface area (TPSA) is 49.4 Å². The second kappa shape index (κ2) is 5.97. The van der Waals surface area contributed by atoms with E-state index in [9.17, 15) is 8.42 Å². The Morgan fingerprint density at radius 1 is 1.37 bits per heavy atom. The van der Waals surface area contributed by atoms with Crippen LogP contribution in [-0.2, 0) is 10.0 Å². The Morgan fingerprint density at radius 2 is 2.11 bits per heavy atom. The van der Waals surface area contributed by atoms with E-state index in [4.69, 9.17) is 23.2 Å². The Bertz CT molecular complexity index is 557. The quantitative estimate of drug-likeness (QED) is 0.929. The molecule has 0 aliphatic carbocycles. The number of halogens is 2. The van der Waals surface area contributed by atoms with Crippen LogP contribution in [0.15, 0.2) is 23.1 Å². The maximum Gasteiger partial charge on any atom is 0.244 e. The SMILES string of the molecule is CN([C@H]1CCCNC1)S(=O)(=O)c1ccc(Cl)cc1Cl. The highest BCUT2D eigenvalue weighted by molar-refractivity contribution is 7.89. The predicted octanol–water partition coefficient (Wildman–Crippen LogP) is 2.37. The molecule has 7 heteroatoms. The van der Waals surface area contributed by atoms with Crippen molar-refractivity contribution in [2.75, 3.05) is 20.1 Å². The van der Waals surface area contributed by atoms with Crippen molar-refractivity contribution in [2.45, 2.75) is 23.8 Å². The van der Waals surface area contributed by atoms with E-state index in [0.717, 1.165) is 19.4 Å². The lowest BCUT2D eigenvalue weighted by atomic mass is 10.1. The molecule has 1 heterocycles. The van der Waals surface area contributed by atoms with Gasteiger partial charge in [0.05, 0.1) is 5.02 Å². The summed E-state index contributed by atoms with van der Waals surface area (Å²) < 4.78 is 26.5. The van der Waals surface area contributed by atoms with Gasteiger partial charge < -0.3 is 5.32 Å². The number of benzene rings is 1. The number of rotatable bonds is 3. The van der Waals surface area contributed by atoms with Crippen molar-refractivity contribution in [3.8, 4) is 0 Å². The van der Waals surface area contributed by atoms with Crippen molar-refractivity contribution in [3.05, 3.63) is 28.2 Å². The molecule has 1 aromatic rings. The Hall–Kier alpha value is -0.330. The fourth-order valence-electron chi connectivity index (χ4n) is 2.18. The van der Waals surface area contributed by atoms with Gasteiger partial charge in [0.15, 0.2) is 0 Å². The van der Waals surface area contributed by atoms with Gasteiger partial charge in [0.1, 0.15) is 4.90 Å². The number of piperidine rings is 1. The molecule has 0 spiro atoms. The van der Waals surface area contributed by atoms with Crippen LogP contribution < -0.4 is 5.32 Å². The highest BCUT2D eigenvalue weighted by Crippen LogP contribution is 2.28. The Labute approximate surface area is 123 Å². The summed E-state index contributed by atoms with van der Waals surface area (Å²) in [4.78, 5) is 0.103. The van der Waals surface area contributed by atoms with Crippen molar-refractivity contribution in [1.29, 1.82) is 0 Å². The average molecular weight is 323 g/mol. The van der Waals surface area contributed by atoms with Gasteiger partial charge in [-0.2, -0.15) is 4.31 Å². The monoisotopic (exact) mass is 322 g/mol. The minimum absolute atomic E-state index is 0.0366. The van der Waals surface area contributed by atoms with Crippen LogP contribution in [0.4, 0.5) is 0 Å². The van der Waals surface area contributed by atoms with Crippen LogP contribution in [0.5, 0.6) is 0 Å². The zero-order valence-corrected chi connectivity index (χ0v) is 12.9. The highest BCUT2D eigenvalue weighted by Gasteiger charge is 2.30. The first-order valence-electron chi connectivity index (χ1n) is 6.07. The van der Waals surface area contributed by atoms with E-state index in [1.54, 1.807) is 7.05 Å². The van der Waals surface area contributed by atoms with Crippen LogP contribution in [0.25, 0.3) is 0 Å². The van der Waals surface area contributed by atoms with Gasteiger partial charge in [-0.3, -0.25) is 0 Å². The van der Waals surface area contributed by atoms with Gasteiger partial charge in [-0.05, 0) is 37.6 Å². The molecule has 0 unspecified atom stereocenters. The zero-order chi connectivity index (χ0) is 14.0. The molecule has 0 bridgehead atoms. The minimum Gasteiger partial charge on any atom is -0.315 e. The zero-order valence-electron chi connectivity index (χ0n) is 10.6. The second-order valence-corrected chi connectivity index (χ2v) is 7.41. The molecule has 1 atom stereocenters. The Balaban J connectivity index is 2.30. The molecule has 1 fully saturated rings. The van der Waals surface area contributed by atoms with Crippen LogP contribution in [0, 0.1) is 0 Å². The molecular formula is C12H16Cl2N2O2S. The van der Waals surface area contributed by atoms with Crippen LogP contribution >= 0.6 is 23.2 Å². The first kappa shape index (κ1) is 15.1. The summed E-state index contributed by atoms with van der Waals surface area (Å²) in [5.74, 6) is 0. The average Bonchev–Trinajstić information content (AvgIpc) is 2.38. The Morgan fingerprint density at radius 3 is 2.68 bits per heavy atom. The molecular weight excluding hydrogens is 307 g/mol. The van der Waals surface area contributed by atoms with Crippen molar-refractivity contribution >= 4 is 33.2 Å². The molecule has 1 aliphatic heterocycles. The third kappa shape index (κ3) is 3.23. The molecule has 19 heavy (non-hydrogen) atoms. The summed E-state index contributed by atoms with van der Waals surface area (Å²) in [6, 6.07) is 4.40. The molecule has 0 amide bonds. The van der Waals surface area contributed by atoms with Gasteiger partial charge in [-0.1, -0.05) is 23.2 Å². The van der Waals surface area contributed by atoms with Crippen LogP contribution in [0.1, 0.15) is 12.8 Å². The van der Waals surface area contributed by atoms with Crippen LogP contribution in [0.2, 0.25) is 10.0 Å². The largest absolute Gasteiger partial charge is 0.315 e. The van der Waals surface area contributed by atoms with Crippen molar-refractivity contribution in [1.82, 2.24) is 9.62 Å². The summed E-state index contributed by atoms with van der Waals surface area (Å²) in [5.41, 5.74) is 0. The molecule has 0 aromatic heterocycles. The van der Waals surface area contributed by atoms with Crippen LogP contribution in [-0.4, -0.2) is 38.9 Å². The molecule has 1 aliphatic rings. The molecule has 4 nitrogen and oxygen atoms in total. The first-order valence-corrected chi connectivity index (χ1v) is 8.26. The molecule has 0 saturated carbocycles. The van der Waals surface area contributed by atoms with Gasteiger partial charge in [0.25, 0.3) is 0 Å². The second-order valence-electron chi connectivity index (χ2n) is 4.60. The minimum atomic E-state index is -3.58. The summed E-state index contributed by atoms with van der Waals surface area (Å²) in [7, 11) is -1.99. The van der Waals surface area contributed by atoms with Crippen molar-refractivity contribution in [2.24, 2.45) is 0 Å². The first-order chi connectivity index (χ1) is 8.93. The third-order valence-corrected chi connectivity index (χ3v) is 5.96. The number of nitrogens with one attached hydrogen (secondary N) is 1. The highest BCUT2D eigenvalue weighted by atomic mass is 35.5. The lowest BCUT2D eigenvalue weighted by Gasteiger charge is -2.31. The summed E-state index contributed by atoms with van der Waals surface area (Å²) in [5, 5.41) is 3.78. The molecule has 1 N–H and O–H groups in total. The molecule has 106 valence electrons. The van der Waals surface area contributed by atoms with E-state index in [2.05, 4.69) is 5.32 Å². The normalized spacial score (nSPS) is 20.7. The number of sulfonamides is 1. The number of likely N-dealkylation sites (N-methyl/N-ethyl adjacent to an activating group) is 1. The molecule has 1 saturated heterocycles. The summed E-state index contributed by atoms with van der Waals surface area (Å²) in [6.45, 7) is 1.60. The maximum absolute atomic E-state index is 12.5. The number of hydrogen-bond acceptors (Lipinski definition) is 3. The molecule has 2 rings (SSSR count). The van der Waals surface area contributed by atoms with Gasteiger partial charge in [-0.15, -0.1) is 0 Å². The summed E-state index contributed by atoms with van der Waals surface area (Å²) in [6.07, 6.45) is 1.83. The fourth-order valence-corrected chi connectivity index (χ4v) is 4.31.